The van der Waals surface area contributed by atoms with Gasteiger partial charge in [0.25, 0.3) is 5.91 Å². The van der Waals surface area contributed by atoms with Gasteiger partial charge in [-0.25, -0.2) is 0 Å². The van der Waals surface area contributed by atoms with E-state index in [0.717, 1.165) is 25.2 Å². The molecule has 0 aromatic heterocycles. The van der Waals surface area contributed by atoms with Crippen molar-refractivity contribution >= 4 is 17.5 Å². The van der Waals surface area contributed by atoms with Crippen LogP contribution in [0, 0.1) is 5.92 Å². The van der Waals surface area contributed by atoms with Gasteiger partial charge in [0.2, 0.25) is 5.91 Å². The molecule has 2 amide bonds. The monoisotopic (exact) mass is 381 g/mol. The van der Waals surface area contributed by atoms with Crippen molar-refractivity contribution in [1.29, 1.82) is 0 Å². The second-order valence-electron chi connectivity index (χ2n) is 7.13. The number of carbonyl (C=O) groups excluding carboxylic acids is 2. The molecule has 0 aliphatic rings. The predicted molar refractivity (Wildman–Crippen MR) is 114 cm³/mol. The first-order valence-corrected chi connectivity index (χ1v) is 9.92. The normalized spacial score (nSPS) is 10.9. The zero-order valence-electron chi connectivity index (χ0n) is 17.3. The van der Waals surface area contributed by atoms with E-state index >= 15 is 0 Å². The maximum atomic E-state index is 12.5. The van der Waals surface area contributed by atoms with Gasteiger partial charge in [0.15, 0.2) is 0 Å². The Hall–Kier alpha value is -2.66. The van der Waals surface area contributed by atoms with E-state index in [-0.39, 0.29) is 17.7 Å². The molecule has 28 heavy (non-hydrogen) atoms. The molecule has 0 unspecified atom stereocenters. The molecule has 2 aromatic carbocycles. The van der Waals surface area contributed by atoms with E-state index in [4.69, 9.17) is 0 Å². The first-order valence-electron chi connectivity index (χ1n) is 9.92. The summed E-state index contributed by atoms with van der Waals surface area (Å²) in [6.45, 7) is 11.4. The van der Waals surface area contributed by atoms with E-state index in [9.17, 15) is 9.59 Å². The van der Waals surface area contributed by atoms with E-state index < -0.39 is 0 Å². The molecule has 0 bridgehead atoms. The quantitative estimate of drug-likeness (QED) is 0.689. The van der Waals surface area contributed by atoms with Gasteiger partial charge >= 0.3 is 0 Å². The summed E-state index contributed by atoms with van der Waals surface area (Å²) >= 11 is 0. The Morgan fingerprint density at radius 1 is 0.929 bits per heavy atom. The van der Waals surface area contributed by atoms with E-state index in [1.807, 2.05) is 26.0 Å². The zero-order chi connectivity index (χ0) is 20.5. The molecule has 0 aliphatic carbocycles. The van der Waals surface area contributed by atoms with Gasteiger partial charge in [0.1, 0.15) is 0 Å². The summed E-state index contributed by atoms with van der Waals surface area (Å²) in [6.07, 6.45) is 0. The lowest BCUT2D eigenvalue weighted by Crippen LogP contribution is -2.26. The van der Waals surface area contributed by atoms with Gasteiger partial charge in [-0.05, 0) is 48.5 Å². The van der Waals surface area contributed by atoms with Crippen LogP contribution in [0.3, 0.4) is 0 Å². The minimum Gasteiger partial charge on any atom is -0.348 e. The van der Waals surface area contributed by atoms with Crippen molar-refractivity contribution < 1.29 is 9.59 Å². The molecule has 150 valence electrons. The minimum atomic E-state index is -0.126. The molecular weight excluding hydrogens is 350 g/mol. The van der Waals surface area contributed by atoms with Gasteiger partial charge in [-0.2, -0.15) is 0 Å². The van der Waals surface area contributed by atoms with Gasteiger partial charge in [0, 0.05) is 30.3 Å². The summed E-state index contributed by atoms with van der Waals surface area (Å²) in [6, 6.07) is 15.2. The molecule has 0 radical (unpaired) electrons. The van der Waals surface area contributed by atoms with Crippen LogP contribution >= 0.6 is 0 Å². The molecule has 0 fully saturated rings. The second kappa shape index (κ2) is 10.6. The molecule has 0 atom stereocenters. The third kappa shape index (κ3) is 6.20. The number of amides is 2. The summed E-state index contributed by atoms with van der Waals surface area (Å²) in [5.41, 5.74) is 3.63. The Labute approximate surface area is 168 Å². The Morgan fingerprint density at radius 3 is 2.11 bits per heavy atom. The highest BCUT2D eigenvalue weighted by molar-refractivity contribution is 5.96. The fourth-order valence-electron chi connectivity index (χ4n) is 2.84. The summed E-state index contributed by atoms with van der Waals surface area (Å²) in [5, 5.41) is 5.83. The molecular formula is C23H31N3O2. The molecule has 5 nitrogen and oxygen atoms in total. The van der Waals surface area contributed by atoms with E-state index in [0.29, 0.717) is 17.8 Å². The van der Waals surface area contributed by atoms with Crippen LogP contribution in [0.1, 0.15) is 49.2 Å². The molecule has 0 heterocycles. The number of hydrogen-bond acceptors (Lipinski definition) is 3. The largest absolute Gasteiger partial charge is 0.348 e. The van der Waals surface area contributed by atoms with Crippen LogP contribution in [0.25, 0.3) is 0 Å². The van der Waals surface area contributed by atoms with Crippen LogP contribution in [0.15, 0.2) is 48.5 Å². The summed E-state index contributed by atoms with van der Waals surface area (Å²) in [4.78, 5) is 26.6. The Morgan fingerprint density at radius 2 is 1.54 bits per heavy atom. The van der Waals surface area contributed by atoms with Crippen LogP contribution in [-0.2, 0) is 17.9 Å². The van der Waals surface area contributed by atoms with Gasteiger partial charge in [0.05, 0.1) is 0 Å². The Kier molecular flexibility index (Phi) is 8.20. The first-order chi connectivity index (χ1) is 13.4. The number of nitrogens with one attached hydrogen (secondary N) is 2. The van der Waals surface area contributed by atoms with Crippen molar-refractivity contribution in [3.05, 3.63) is 65.2 Å². The van der Waals surface area contributed by atoms with Gasteiger partial charge < -0.3 is 10.6 Å². The standard InChI is InChI=1S/C23H31N3O2/c1-5-26(6-2)16-20-10-8-7-9-19(20)15-24-23(28)18-11-13-21(14-12-18)25-22(27)17(3)4/h7-14,17H,5-6,15-16H2,1-4H3,(H,24,28)(H,25,27). The lowest BCUT2D eigenvalue weighted by molar-refractivity contribution is -0.118. The van der Waals surface area contributed by atoms with Crippen molar-refractivity contribution in [1.82, 2.24) is 10.2 Å². The predicted octanol–water partition coefficient (Wildman–Crippen LogP) is 4.05. The molecule has 2 rings (SSSR count). The fraction of sp³-hybridized carbons (Fsp3) is 0.391. The lowest BCUT2D eigenvalue weighted by atomic mass is 10.1. The molecule has 0 saturated heterocycles. The van der Waals surface area contributed by atoms with Crippen LogP contribution < -0.4 is 10.6 Å². The van der Waals surface area contributed by atoms with Gasteiger partial charge in [-0.3, -0.25) is 14.5 Å². The third-order valence-electron chi connectivity index (χ3n) is 4.79. The van der Waals surface area contributed by atoms with Crippen LogP contribution in [0.2, 0.25) is 0 Å². The van der Waals surface area contributed by atoms with Crippen molar-refractivity contribution in [3.63, 3.8) is 0 Å². The smallest absolute Gasteiger partial charge is 0.251 e. The summed E-state index contributed by atoms with van der Waals surface area (Å²) in [7, 11) is 0. The van der Waals surface area contributed by atoms with Crippen LogP contribution in [0.4, 0.5) is 5.69 Å². The molecule has 0 spiro atoms. The number of anilines is 1. The number of benzene rings is 2. The number of rotatable bonds is 9. The molecule has 2 N–H and O–H groups in total. The van der Waals surface area contributed by atoms with Crippen molar-refractivity contribution in [3.8, 4) is 0 Å². The summed E-state index contributed by atoms with van der Waals surface area (Å²) < 4.78 is 0. The highest BCUT2D eigenvalue weighted by Crippen LogP contribution is 2.14. The number of hydrogen-bond donors (Lipinski definition) is 2. The molecule has 0 saturated carbocycles. The van der Waals surface area contributed by atoms with Crippen LogP contribution in [-0.4, -0.2) is 29.8 Å². The average molecular weight is 382 g/mol. The Bertz CT molecular complexity index is 781. The maximum Gasteiger partial charge on any atom is 0.251 e. The summed E-state index contributed by atoms with van der Waals surface area (Å²) in [5.74, 6) is -0.249. The van der Waals surface area contributed by atoms with E-state index in [1.54, 1.807) is 24.3 Å². The van der Waals surface area contributed by atoms with Crippen molar-refractivity contribution in [2.45, 2.75) is 40.8 Å². The maximum absolute atomic E-state index is 12.5. The molecule has 5 heteroatoms. The van der Waals surface area contributed by atoms with Crippen LogP contribution in [0.5, 0.6) is 0 Å². The Balaban J connectivity index is 1.98. The minimum absolute atomic E-state index is 0.0398. The molecule has 2 aromatic rings. The van der Waals surface area contributed by atoms with E-state index in [2.05, 4.69) is 41.5 Å². The third-order valence-corrected chi connectivity index (χ3v) is 4.79. The number of nitrogens with zero attached hydrogens (tertiary/aromatic N) is 1. The van der Waals surface area contributed by atoms with E-state index in [1.165, 1.54) is 5.56 Å². The zero-order valence-corrected chi connectivity index (χ0v) is 17.3. The first kappa shape index (κ1) is 21.6. The average Bonchev–Trinajstić information content (AvgIpc) is 2.71. The van der Waals surface area contributed by atoms with Gasteiger partial charge in [-0.1, -0.05) is 52.0 Å². The number of carbonyl (C=O) groups is 2. The highest BCUT2D eigenvalue weighted by Gasteiger charge is 2.10. The SMILES string of the molecule is CCN(CC)Cc1ccccc1CNC(=O)c1ccc(NC(=O)C(C)C)cc1. The lowest BCUT2D eigenvalue weighted by Gasteiger charge is -2.20. The van der Waals surface area contributed by atoms with Gasteiger partial charge in [-0.15, -0.1) is 0 Å². The highest BCUT2D eigenvalue weighted by atomic mass is 16.2. The fourth-order valence-corrected chi connectivity index (χ4v) is 2.84. The topological polar surface area (TPSA) is 61.4 Å². The van der Waals surface area contributed by atoms with Crippen molar-refractivity contribution in [2.24, 2.45) is 5.92 Å². The second-order valence-corrected chi connectivity index (χ2v) is 7.13. The molecule has 0 aliphatic heterocycles. The van der Waals surface area contributed by atoms with Crippen molar-refractivity contribution in [2.75, 3.05) is 18.4 Å².